The van der Waals surface area contributed by atoms with Crippen molar-refractivity contribution in [3.05, 3.63) is 60.4 Å². The van der Waals surface area contributed by atoms with Gasteiger partial charge in [-0.25, -0.2) is 17.5 Å². The van der Waals surface area contributed by atoms with Crippen molar-refractivity contribution in [1.29, 1.82) is 0 Å². The van der Waals surface area contributed by atoms with Crippen molar-refractivity contribution < 1.29 is 27.1 Å². The summed E-state index contributed by atoms with van der Waals surface area (Å²) in [6.07, 6.45) is 2.57. The number of hydrogen-bond donors (Lipinski definition) is 2. The molecule has 0 unspecified atom stereocenters. The Labute approximate surface area is 199 Å². The van der Waals surface area contributed by atoms with Gasteiger partial charge in [-0.05, 0) is 49.6 Å². The maximum Gasteiger partial charge on any atom is 0.243 e. The first-order valence-electron chi connectivity index (χ1n) is 11.3. The molecule has 0 aromatic heterocycles. The molecule has 2 N–H and O–H groups in total. The third-order valence-corrected chi connectivity index (χ3v) is 6.94. The normalized spacial score (nSPS) is 16.7. The Bertz CT molecular complexity index is 1080. The lowest BCUT2D eigenvalue weighted by atomic mass is 10.1. The Kier molecular flexibility index (Phi) is 9.14. The second kappa shape index (κ2) is 12.0. The van der Waals surface area contributed by atoms with Gasteiger partial charge < -0.3 is 10.1 Å². The largest absolute Gasteiger partial charge is 0.376 e. The van der Waals surface area contributed by atoms with E-state index < -0.39 is 40.2 Å². The van der Waals surface area contributed by atoms with Gasteiger partial charge in [0.15, 0.2) is 0 Å². The summed E-state index contributed by atoms with van der Waals surface area (Å²) in [5.74, 6) is -1.65. The van der Waals surface area contributed by atoms with E-state index in [9.17, 15) is 22.4 Å². The fraction of sp³-hybridized carbons (Fsp3) is 0.417. The molecule has 2 aromatic carbocycles. The molecule has 2 aromatic rings. The van der Waals surface area contributed by atoms with Gasteiger partial charge in [0.25, 0.3) is 0 Å². The van der Waals surface area contributed by atoms with E-state index >= 15 is 0 Å². The van der Waals surface area contributed by atoms with E-state index in [4.69, 9.17) is 4.74 Å². The van der Waals surface area contributed by atoms with Crippen LogP contribution in [-0.2, 0) is 24.3 Å². The summed E-state index contributed by atoms with van der Waals surface area (Å²) >= 11 is 0. The van der Waals surface area contributed by atoms with Crippen molar-refractivity contribution in [2.45, 2.75) is 49.6 Å². The summed E-state index contributed by atoms with van der Waals surface area (Å²) in [7, 11) is -3.95. The monoisotopic (exact) mass is 491 g/mol. The number of halogens is 1. The lowest BCUT2D eigenvalue weighted by Crippen LogP contribution is -2.53. The van der Waals surface area contributed by atoms with Crippen LogP contribution in [-0.4, -0.2) is 52.1 Å². The summed E-state index contributed by atoms with van der Waals surface area (Å²) in [6, 6.07) is 12.1. The molecule has 2 atom stereocenters. The molecule has 1 saturated heterocycles. The third kappa shape index (κ3) is 6.85. The van der Waals surface area contributed by atoms with Crippen molar-refractivity contribution in [3.63, 3.8) is 0 Å². The van der Waals surface area contributed by atoms with Gasteiger partial charge >= 0.3 is 0 Å². The van der Waals surface area contributed by atoms with Gasteiger partial charge in [-0.2, -0.15) is 0 Å². The predicted octanol–water partition coefficient (Wildman–Crippen LogP) is 2.60. The number of nitrogens with one attached hydrogen (secondary N) is 2. The highest BCUT2D eigenvalue weighted by atomic mass is 32.2. The summed E-state index contributed by atoms with van der Waals surface area (Å²) in [6.45, 7) is 2.24. The SMILES string of the molecule is CCC[C@H](C(=O)NC[C@@H]1CCCO1)N(C(=O)CNS(=O)(=O)c1ccccc1)c1cccc(F)c1. The van der Waals surface area contributed by atoms with Crippen molar-refractivity contribution in [2.24, 2.45) is 0 Å². The second-order valence-corrected chi connectivity index (χ2v) is 9.83. The molecule has 0 saturated carbocycles. The predicted molar refractivity (Wildman–Crippen MR) is 126 cm³/mol. The standard InChI is InChI=1S/C24H30FN3O5S/c1-2-8-22(24(30)26-16-20-11-7-14-33-20)28(19-10-6-9-18(25)15-19)23(29)17-27-34(31,32)21-12-4-3-5-13-21/h3-6,9-10,12-13,15,20,22,27H,2,7-8,11,14,16-17H2,1H3,(H,26,30)/t20-,22+/m0/s1. The highest BCUT2D eigenvalue weighted by Crippen LogP contribution is 2.22. The van der Waals surface area contributed by atoms with E-state index in [1.54, 1.807) is 18.2 Å². The number of carbonyl (C=O) groups is 2. The molecule has 0 spiro atoms. The molecule has 34 heavy (non-hydrogen) atoms. The molecule has 3 rings (SSSR count). The van der Waals surface area contributed by atoms with E-state index in [1.165, 1.54) is 35.2 Å². The Balaban J connectivity index is 1.82. The summed E-state index contributed by atoms with van der Waals surface area (Å²) in [4.78, 5) is 27.6. The molecule has 0 radical (unpaired) electrons. The van der Waals surface area contributed by atoms with Gasteiger partial charge in [-0.3, -0.25) is 14.5 Å². The van der Waals surface area contributed by atoms with Crippen molar-refractivity contribution in [2.75, 3.05) is 24.6 Å². The zero-order chi connectivity index (χ0) is 24.6. The van der Waals surface area contributed by atoms with Crippen LogP contribution in [0.5, 0.6) is 0 Å². The molecular formula is C24H30FN3O5S. The molecule has 0 bridgehead atoms. The minimum Gasteiger partial charge on any atom is -0.376 e. The minimum atomic E-state index is -3.95. The number of amides is 2. The molecule has 1 fully saturated rings. The summed E-state index contributed by atoms with van der Waals surface area (Å²) in [5.41, 5.74) is 0.176. The van der Waals surface area contributed by atoms with Gasteiger partial charge in [0.05, 0.1) is 17.5 Å². The van der Waals surface area contributed by atoms with Crippen LogP contribution in [0.1, 0.15) is 32.6 Å². The summed E-state index contributed by atoms with van der Waals surface area (Å²) in [5, 5.41) is 2.84. The zero-order valence-corrected chi connectivity index (χ0v) is 19.9. The highest BCUT2D eigenvalue weighted by molar-refractivity contribution is 7.89. The molecule has 10 heteroatoms. The number of ether oxygens (including phenoxy) is 1. The molecule has 1 aliphatic heterocycles. The molecule has 184 valence electrons. The number of hydrogen-bond acceptors (Lipinski definition) is 5. The number of carbonyl (C=O) groups excluding carboxylic acids is 2. The third-order valence-electron chi connectivity index (χ3n) is 5.53. The number of nitrogens with zero attached hydrogens (tertiary/aromatic N) is 1. The molecule has 1 heterocycles. The molecule has 0 aliphatic carbocycles. The minimum absolute atomic E-state index is 0.0134. The summed E-state index contributed by atoms with van der Waals surface area (Å²) < 4.78 is 47.0. The first kappa shape index (κ1) is 25.8. The molecular weight excluding hydrogens is 461 g/mol. The second-order valence-electron chi connectivity index (χ2n) is 8.07. The maximum atomic E-state index is 14.0. The molecule has 1 aliphatic rings. The van der Waals surface area contributed by atoms with Gasteiger partial charge in [-0.1, -0.05) is 37.6 Å². The Morgan fingerprint density at radius 3 is 2.59 bits per heavy atom. The van der Waals surface area contributed by atoms with Gasteiger partial charge in [0.1, 0.15) is 11.9 Å². The highest BCUT2D eigenvalue weighted by Gasteiger charge is 2.32. The van der Waals surface area contributed by atoms with Crippen LogP contribution in [0, 0.1) is 5.82 Å². The number of sulfonamides is 1. The van der Waals surface area contributed by atoms with Crippen molar-refractivity contribution in [3.8, 4) is 0 Å². The smallest absolute Gasteiger partial charge is 0.243 e. The van der Waals surface area contributed by atoms with Gasteiger partial charge in [-0.15, -0.1) is 0 Å². The lowest BCUT2D eigenvalue weighted by Gasteiger charge is -2.31. The first-order valence-corrected chi connectivity index (χ1v) is 12.8. The van der Waals surface area contributed by atoms with Crippen LogP contribution in [0.15, 0.2) is 59.5 Å². The van der Waals surface area contributed by atoms with Crippen LogP contribution in [0.25, 0.3) is 0 Å². The topological polar surface area (TPSA) is 105 Å². The van der Waals surface area contributed by atoms with E-state index in [-0.39, 0.29) is 16.7 Å². The number of anilines is 1. The van der Waals surface area contributed by atoms with Crippen molar-refractivity contribution >= 4 is 27.5 Å². The quantitative estimate of drug-likeness (QED) is 0.503. The van der Waals surface area contributed by atoms with Crippen LogP contribution >= 0.6 is 0 Å². The van der Waals surface area contributed by atoms with E-state index in [1.807, 2.05) is 6.92 Å². The van der Waals surface area contributed by atoms with E-state index in [0.717, 1.165) is 18.9 Å². The lowest BCUT2D eigenvalue weighted by molar-refractivity contribution is -0.126. The molecule has 2 amide bonds. The maximum absolute atomic E-state index is 14.0. The van der Waals surface area contributed by atoms with Crippen LogP contribution in [0.2, 0.25) is 0 Å². The number of benzene rings is 2. The van der Waals surface area contributed by atoms with Gasteiger partial charge in [0.2, 0.25) is 21.8 Å². The molecule has 8 nitrogen and oxygen atoms in total. The van der Waals surface area contributed by atoms with Gasteiger partial charge in [0, 0.05) is 18.8 Å². The van der Waals surface area contributed by atoms with Crippen LogP contribution in [0.3, 0.4) is 0 Å². The Hall–Kier alpha value is -2.82. The van der Waals surface area contributed by atoms with Crippen LogP contribution in [0.4, 0.5) is 10.1 Å². The van der Waals surface area contributed by atoms with Crippen molar-refractivity contribution in [1.82, 2.24) is 10.0 Å². The fourth-order valence-corrected chi connectivity index (χ4v) is 4.83. The fourth-order valence-electron chi connectivity index (χ4n) is 3.84. The Morgan fingerprint density at radius 2 is 1.94 bits per heavy atom. The number of rotatable bonds is 11. The zero-order valence-electron chi connectivity index (χ0n) is 19.1. The van der Waals surface area contributed by atoms with Crippen LogP contribution < -0.4 is 14.9 Å². The average molecular weight is 492 g/mol. The Morgan fingerprint density at radius 1 is 1.18 bits per heavy atom. The van der Waals surface area contributed by atoms with E-state index in [0.29, 0.717) is 26.0 Å². The first-order chi connectivity index (χ1) is 16.3. The van der Waals surface area contributed by atoms with E-state index in [2.05, 4.69) is 10.0 Å². The average Bonchev–Trinajstić information content (AvgIpc) is 3.35.